The lowest BCUT2D eigenvalue weighted by atomic mass is 10.1. The van der Waals surface area contributed by atoms with Crippen LogP contribution in [0.1, 0.15) is 5.56 Å². The molecule has 3 N–H and O–H groups in total. The predicted molar refractivity (Wildman–Crippen MR) is 128 cm³/mol. The van der Waals surface area contributed by atoms with Gasteiger partial charge in [-0.25, -0.2) is 18.7 Å². The Labute approximate surface area is 199 Å². The van der Waals surface area contributed by atoms with Gasteiger partial charge in [0, 0.05) is 17.3 Å². The summed E-state index contributed by atoms with van der Waals surface area (Å²) >= 11 is 0. The predicted octanol–water partition coefficient (Wildman–Crippen LogP) is 5.50. The molecule has 4 rings (SSSR count). The average molecular weight is 474 g/mol. The minimum absolute atomic E-state index is 0.0232. The third-order valence-electron chi connectivity index (χ3n) is 4.89. The van der Waals surface area contributed by atoms with Gasteiger partial charge >= 0.3 is 0 Å². The van der Waals surface area contributed by atoms with Crippen LogP contribution in [0.4, 0.5) is 20.3 Å². The van der Waals surface area contributed by atoms with Crippen LogP contribution < -0.4 is 20.5 Å². The van der Waals surface area contributed by atoms with E-state index in [1.54, 1.807) is 48.5 Å². The number of nitrogen functional groups attached to an aromatic ring is 1. The zero-order valence-electron chi connectivity index (χ0n) is 18.4. The number of hydrogen-bond donors (Lipinski definition) is 2. The summed E-state index contributed by atoms with van der Waals surface area (Å²) in [5, 5.41) is 2.61. The standard InChI is InChI=1S/C26H20F2N4O3/c1-2-21(33)32-17-9-6-10-18(13-17)35-26-22(25(29)30-15-31-26)19-11-12-20(27)24(23(19)28)34-14-16-7-4-3-5-8-16/h2-13,15H,1,14H2,(H,32,33)(H2,29,30,31). The first kappa shape index (κ1) is 23.4. The SMILES string of the molecule is C=CC(=O)Nc1cccc(Oc2ncnc(N)c2-c2ccc(F)c(OCc3ccccc3)c2F)c1. The number of carbonyl (C=O) groups excluding carboxylic acids is 1. The summed E-state index contributed by atoms with van der Waals surface area (Å²) in [6, 6.07) is 17.7. The van der Waals surface area contributed by atoms with Crippen LogP contribution in [0.3, 0.4) is 0 Å². The number of ether oxygens (including phenoxy) is 2. The van der Waals surface area contributed by atoms with Crippen LogP contribution in [0.25, 0.3) is 11.1 Å². The van der Waals surface area contributed by atoms with E-state index in [-0.39, 0.29) is 35.2 Å². The van der Waals surface area contributed by atoms with Crippen molar-refractivity contribution in [3.63, 3.8) is 0 Å². The number of nitrogens with zero attached hydrogens (tertiary/aromatic N) is 2. The number of anilines is 2. The van der Waals surface area contributed by atoms with Gasteiger partial charge < -0.3 is 20.5 Å². The van der Waals surface area contributed by atoms with Gasteiger partial charge in [-0.2, -0.15) is 0 Å². The molecule has 1 heterocycles. The quantitative estimate of drug-likeness (QED) is 0.327. The highest BCUT2D eigenvalue weighted by Crippen LogP contribution is 2.40. The fraction of sp³-hybridized carbons (Fsp3) is 0.0385. The number of halogens is 2. The number of hydrogen-bond acceptors (Lipinski definition) is 6. The Morgan fingerprint density at radius 3 is 2.63 bits per heavy atom. The van der Waals surface area contributed by atoms with Crippen molar-refractivity contribution in [1.82, 2.24) is 9.97 Å². The van der Waals surface area contributed by atoms with Crippen molar-refractivity contribution in [2.24, 2.45) is 0 Å². The lowest BCUT2D eigenvalue weighted by molar-refractivity contribution is -0.111. The average Bonchev–Trinajstić information content (AvgIpc) is 2.86. The van der Waals surface area contributed by atoms with Crippen molar-refractivity contribution in [3.05, 3.63) is 103 Å². The molecule has 0 unspecified atom stereocenters. The van der Waals surface area contributed by atoms with Gasteiger partial charge in [0.15, 0.2) is 17.4 Å². The molecule has 0 radical (unpaired) electrons. The molecule has 0 atom stereocenters. The fourth-order valence-electron chi connectivity index (χ4n) is 3.24. The summed E-state index contributed by atoms with van der Waals surface area (Å²) in [6.07, 6.45) is 2.29. The van der Waals surface area contributed by atoms with E-state index in [2.05, 4.69) is 21.9 Å². The number of aromatic nitrogens is 2. The number of nitrogens with one attached hydrogen (secondary N) is 1. The van der Waals surface area contributed by atoms with Gasteiger partial charge in [0.25, 0.3) is 0 Å². The summed E-state index contributed by atoms with van der Waals surface area (Å²) in [5.74, 6) is -2.66. The Morgan fingerprint density at radius 2 is 1.86 bits per heavy atom. The lowest BCUT2D eigenvalue weighted by Gasteiger charge is -2.15. The molecule has 0 bridgehead atoms. The van der Waals surface area contributed by atoms with Crippen molar-refractivity contribution >= 4 is 17.4 Å². The summed E-state index contributed by atoms with van der Waals surface area (Å²) in [4.78, 5) is 19.6. The van der Waals surface area contributed by atoms with Crippen LogP contribution in [-0.2, 0) is 11.4 Å². The zero-order chi connectivity index (χ0) is 24.8. The minimum Gasteiger partial charge on any atom is -0.483 e. The number of rotatable bonds is 8. The van der Waals surface area contributed by atoms with Crippen LogP contribution in [0.5, 0.6) is 17.4 Å². The summed E-state index contributed by atoms with van der Waals surface area (Å²) < 4.78 is 41.3. The molecular formula is C26H20F2N4O3. The number of benzene rings is 3. The van der Waals surface area contributed by atoms with Crippen molar-refractivity contribution in [2.75, 3.05) is 11.1 Å². The molecule has 0 spiro atoms. The van der Waals surface area contributed by atoms with Gasteiger partial charge in [-0.05, 0) is 35.9 Å². The first-order valence-electron chi connectivity index (χ1n) is 10.4. The van der Waals surface area contributed by atoms with Crippen LogP contribution >= 0.6 is 0 Å². The van der Waals surface area contributed by atoms with Gasteiger partial charge in [0.2, 0.25) is 11.8 Å². The maximum absolute atomic E-state index is 15.5. The maximum atomic E-state index is 15.5. The summed E-state index contributed by atoms with van der Waals surface area (Å²) in [6.45, 7) is 3.37. The van der Waals surface area contributed by atoms with E-state index < -0.39 is 23.3 Å². The highest BCUT2D eigenvalue weighted by atomic mass is 19.1. The van der Waals surface area contributed by atoms with Gasteiger partial charge in [-0.1, -0.05) is 43.0 Å². The normalized spacial score (nSPS) is 10.5. The van der Waals surface area contributed by atoms with E-state index in [4.69, 9.17) is 15.2 Å². The van der Waals surface area contributed by atoms with E-state index in [0.717, 1.165) is 24.0 Å². The molecule has 0 aliphatic heterocycles. The molecular weight excluding hydrogens is 454 g/mol. The Bertz CT molecular complexity index is 1380. The Morgan fingerprint density at radius 1 is 1.06 bits per heavy atom. The highest BCUT2D eigenvalue weighted by Gasteiger charge is 2.23. The maximum Gasteiger partial charge on any atom is 0.247 e. The molecule has 0 saturated carbocycles. The molecule has 3 aromatic carbocycles. The fourth-order valence-corrected chi connectivity index (χ4v) is 3.24. The second kappa shape index (κ2) is 10.4. The Kier molecular flexibility index (Phi) is 6.96. The van der Waals surface area contributed by atoms with Crippen LogP contribution in [0.2, 0.25) is 0 Å². The third kappa shape index (κ3) is 5.41. The van der Waals surface area contributed by atoms with Crippen LogP contribution in [0, 0.1) is 11.6 Å². The van der Waals surface area contributed by atoms with Gasteiger partial charge in [0.05, 0.1) is 5.56 Å². The molecule has 9 heteroatoms. The summed E-state index contributed by atoms with van der Waals surface area (Å²) in [7, 11) is 0. The molecule has 4 aromatic rings. The lowest BCUT2D eigenvalue weighted by Crippen LogP contribution is -2.07. The number of amides is 1. The Hall–Kier alpha value is -4.79. The molecule has 35 heavy (non-hydrogen) atoms. The van der Waals surface area contributed by atoms with E-state index >= 15 is 4.39 Å². The first-order valence-corrected chi connectivity index (χ1v) is 10.4. The van der Waals surface area contributed by atoms with Crippen LogP contribution in [0.15, 0.2) is 85.7 Å². The number of nitrogens with two attached hydrogens (primary N) is 1. The topological polar surface area (TPSA) is 99.4 Å². The van der Waals surface area contributed by atoms with E-state index in [1.807, 2.05) is 6.07 Å². The molecule has 0 aliphatic carbocycles. The smallest absolute Gasteiger partial charge is 0.247 e. The molecule has 7 nitrogen and oxygen atoms in total. The van der Waals surface area contributed by atoms with Crippen molar-refractivity contribution in [3.8, 4) is 28.5 Å². The van der Waals surface area contributed by atoms with Crippen molar-refractivity contribution in [1.29, 1.82) is 0 Å². The molecule has 0 saturated heterocycles. The largest absolute Gasteiger partial charge is 0.483 e. The van der Waals surface area contributed by atoms with Crippen molar-refractivity contribution < 1.29 is 23.0 Å². The summed E-state index contributed by atoms with van der Waals surface area (Å²) in [5.41, 5.74) is 7.15. The molecule has 176 valence electrons. The molecule has 1 aromatic heterocycles. The molecule has 0 fully saturated rings. The van der Waals surface area contributed by atoms with E-state index in [1.165, 1.54) is 6.07 Å². The van der Waals surface area contributed by atoms with Crippen molar-refractivity contribution in [2.45, 2.75) is 6.61 Å². The first-order chi connectivity index (χ1) is 17.0. The van der Waals surface area contributed by atoms with E-state index in [9.17, 15) is 9.18 Å². The molecule has 0 aliphatic rings. The monoisotopic (exact) mass is 474 g/mol. The van der Waals surface area contributed by atoms with Gasteiger partial charge in [-0.15, -0.1) is 0 Å². The Balaban J connectivity index is 1.68. The second-order valence-corrected chi connectivity index (χ2v) is 7.27. The molecule has 1 amide bonds. The van der Waals surface area contributed by atoms with Gasteiger partial charge in [-0.3, -0.25) is 4.79 Å². The van der Waals surface area contributed by atoms with E-state index in [0.29, 0.717) is 5.69 Å². The third-order valence-corrected chi connectivity index (χ3v) is 4.89. The minimum atomic E-state index is -0.973. The highest BCUT2D eigenvalue weighted by molar-refractivity contribution is 5.99. The zero-order valence-corrected chi connectivity index (χ0v) is 18.4. The second-order valence-electron chi connectivity index (χ2n) is 7.27. The van der Waals surface area contributed by atoms with Crippen LogP contribution in [-0.4, -0.2) is 15.9 Å². The van der Waals surface area contributed by atoms with Gasteiger partial charge in [0.1, 0.15) is 24.5 Å². The number of carbonyl (C=O) groups is 1.